The van der Waals surface area contributed by atoms with Gasteiger partial charge in [-0.1, -0.05) is 17.7 Å². The highest BCUT2D eigenvalue weighted by atomic mass is 35.5. The Morgan fingerprint density at radius 2 is 1.68 bits per heavy atom. The SMILES string of the molecule is Cc1ccc(NC(=O)COc2ccc(C=NNC(=O)c3ccc(Cl)cc3)cc2)cc1C. The van der Waals surface area contributed by atoms with Crippen molar-refractivity contribution in [2.45, 2.75) is 13.8 Å². The van der Waals surface area contributed by atoms with Crippen LogP contribution in [0.5, 0.6) is 5.75 Å². The fraction of sp³-hybridized carbons (Fsp3) is 0.125. The largest absolute Gasteiger partial charge is 0.484 e. The minimum absolute atomic E-state index is 0.0997. The third-order valence-electron chi connectivity index (χ3n) is 4.53. The van der Waals surface area contributed by atoms with Gasteiger partial charge in [0.1, 0.15) is 5.75 Å². The molecule has 0 bridgehead atoms. The third kappa shape index (κ3) is 6.69. The van der Waals surface area contributed by atoms with Gasteiger partial charge in [0.2, 0.25) is 0 Å². The van der Waals surface area contributed by atoms with E-state index in [4.69, 9.17) is 16.3 Å². The molecule has 2 amide bonds. The van der Waals surface area contributed by atoms with Crippen molar-refractivity contribution in [2.75, 3.05) is 11.9 Å². The lowest BCUT2D eigenvalue weighted by atomic mass is 10.1. The van der Waals surface area contributed by atoms with Gasteiger partial charge in [-0.05, 0) is 91.2 Å². The summed E-state index contributed by atoms with van der Waals surface area (Å²) in [5.41, 5.74) is 6.70. The second kappa shape index (κ2) is 10.4. The van der Waals surface area contributed by atoms with Crippen LogP contribution in [0, 0.1) is 13.8 Å². The number of benzene rings is 3. The predicted molar refractivity (Wildman–Crippen MR) is 123 cm³/mol. The number of carbonyl (C=O) groups excluding carboxylic acids is 2. The summed E-state index contributed by atoms with van der Waals surface area (Å²) in [7, 11) is 0. The molecule has 0 saturated carbocycles. The standard InChI is InChI=1S/C24H22ClN3O3/c1-16-3-10-21(13-17(16)2)27-23(29)15-31-22-11-4-18(5-12-22)14-26-28-24(30)19-6-8-20(25)9-7-19/h3-14H,15H2,1-2H3,(H,27,29)(H,28,30). The second-order valence-corrected chi connectivity index (χ2v) is 7.35. The number of nitrogens with one attached hydrogen (secondary N) is 2. The molecular weight excluding hydrogens is 414 g/mol. The van der Waals surface area contributed by atoms with Crippen molar-refractivity contribution in [3.05, 3.63) is 94.0 Å². The Bertz CT molecular complexity index is 1090. The average Bonchev–Trinajstić information content (AvgIpc) is 2.76. The maximum atomic E-state index is 12.1. The molecule has 0 unspecified atom stereocenters. The summed E-state index contributed by atoms with van der Waals surface area (Å²) in [6.07, 6.45) is 1.52. The number of hydrazone groups is 1. The number of amides is 2. The van der Waals surface area contributed by atoms with E-state index in [1.807, 2.05) is 32.0 Å². The fourth-order valence-corrected chi connectivity index (χ4v) is 2.77. The molecule has 6 nitrogen and oxygen atoms in total. The summed E-state index contributed by atoms with van der Waals surface area (Å²) in [5.74, 6) is -0.0148. The molecule has 0 aliphatic carbocycles. The van der Waals surface area contributed by atoms with Crippen LogP contribution in [0.15, 0.2) is 71.8 Å². The smallest absolute Gasteiger partial charge is 0.271 e. The average molecular weight is 436 g/mol. The molecule has 3 rings (SSSR count). The molecule has 31 heavy (non-hydrogen) atoms. The normalized spacial score (nSPS) is 10.7. The topological polar surface area (TPSA) is 79.8 Å². The third-order valence-corrected chi connectivity index (χ3v) is 4.78. The maximum Gasteiger partial charge on any atom is 0.271 e. The maximum absolute atomic E-state index is 12.1. The van der Waals surface area contributed by atoms with Crippen molar-refractivity contribution < 1.29 is 14.3 Å². The Hall–Kier alpha value is -3.64. The number of carbonyl (C=O) groups is 2. The van der Waals surface area contributed by atoms with Crippen LogP contribution < -0.4 is 15.5 Å². The van der Waals surface area contributed by atoms with Crippen LogP contribution in [0.2, 0.25) is 5.02 Å². The summed E-state index contributed by atoms with van der Waals surface area (Å²) in [6.45, 7) is 3.92. The van der Waals surface area contributed by atoms with Gasteiger partial charge in [-0.15, -0.1) is 0 Å². The van der Waals surface area contributed by atoms with E-state index in [2.05, 4.69) is 15.8 Å². The van der Waals surface area contributed by atoms with Gasteiger partial charge < -0.3 is 10.1 Å². The van der Waals surface area contributed by atoms with E-state index in [0.717, 1.165) is 16.8 Å². The molecule has 3 aromatic carbocycles. The summed E-state index contributed by atoms with van der Waals surface area (Å²) >= 11 is 5.81. The number of nitrogens with zero attached hydrogens (tertiary/aromatic N) is 1. The van der Waals surface area contributed by atoms with Crippen LogP contribution in [0.3, 0.4) is 0 Å². The zero-order valence-corrected chi connectivity index (χ0v) is 17.9. The van der Waals surface area contributed by atoms with Crippen molar-refractivity contribution in [2.24, 2.45) is 5.10 Å². The van der Waals surface area contributed by atoms with Crippen molar-refractivity contribution in [1.29, 1.82) is 0 Å². The van der Waals surface area contributed by atoms with Gasteiger partial charge in [-0.25, -0.2) is 5.43 Å². The highest BCUT2D eigenvalue weighted by Crippen LogP contribution is 2.15. The number of ether oxygens (including phenoxy) is 1. The Kier molecular flexibility index (Phi) is 7.40. The van der Waals surface area contributed by atoms with Gasteiger partial charge in [0, 0.05) is 16.3 Å². The number of hydrogen-bond acceptors (Lipinski definition) is 4. The molecule has 0 fully saturated rings. The van der Waals surface area contributed by atoms with Crippen LogP contribution in [-0.4, -0.2) is 24.6 Å². The minimum Gasteiger partial charge on any atom is -0.484 e. The molecule has 0 heterocycles. The number of hydrogen-bond donors (Lipinski definition) is 2. The van der Waals surface area contributed by atoms with Gasteiger partial charge in [0.05, 0.1) is 6.21 Å². The molecule has 0 spiro atoms. The van der Waals surface area contributed by atoms with Gasteiger partial charge in [0.25, 0.3) is 11.8 Å². The van der Waals surface area contributed by atoms with Crippen LogP contribution in [0.1, 0.15) is 27.0 Å². The summed E-state index contributed by atoms with van der Waals surface area (Å²) in [4.78, 5) is 24.1. The van der Waals surface area contributed by atoms with E-state index < -0.39 is 0 Å². The number of aryl methyl sites for hydroxylation is 2. The van der Waals surface area contributed by atoms with Crippen molar-refractivity contribution in [1.82, 2.24) is 5.43 Å². The first-order valence-corrected chi connectivity index (χ1v) is 9.97. The lowest BCUT2D eigenvalue weighted by Crippen LogP contribution is -2.20. The second-order valence-electron chi connectivity index (χ2n) is 6.91. The lowest BCUT2D eigenvalue weighted by Gasteiger charge is -2.09. The summed E-state index contributed by atoms with van der Waals surface area (Å²) in [5, 5.41) is 7.32. The molecule has 2 N–H and O–H groups in total. The quantitative estimate of drug-likeness (QED) is 0.415. The monoisotopic (exact) mass is 435 g/mol. The lowest BCUT2D eigenvalue weighted by molar-refractivity contribution is -0.118. The highest BCUT2D eigenvalue weighted by molar-refractivity contribution is 6.30. The zero-order valence-electron chi connectivity index (χ0n) is 17.2. The summed E-state index contributed by atoms with van der Waals surface area (Å²) in [6, 6.07) is 19.3. The fourth-order valence-electron chi connectivity index (χ4n) is 2.65. The Balaban J connectivity index is 1.46. The first-order chi connectivity index (χ1) is 14.9. The first-order valence-electron chi connectivity index (χ1n) is 9.59. The molecule has 0 atom stereocenters. The van der Waals surface area contributed by atoms with Crippen molar-refractivity contribution in [3.8, 4) is 5.75 Å². The summed E-state index contributed by atoms with van der Waals surface area (Å²) < 4.78 is 5.52. The van der Waals surface area contributed by atoms with Crippen LogP contribution in [-0.2, 0) is 4.79 Å². The predicted octanol–water partition coefficient (Wildman–Crippen LogP) is 4.74. The van der Waals surface area contributed by atoms with Crippen LogP contribution >= 0.6 is 11.6 Å². The van der Waals surface area contributed by atoms with E-state index in [-0.39, 0.29) is 18.4 Å². The van der Waals surface area contributed by atoms with Crippen molar-refractivity contribution in [3.63, 3.8) is 0 Å². The highest BCUT2D eigenvalue weighted by Gasteiger charge is 2.05. The molecule has 7 heteroatoms. The van der Waals surface area contributed by atoms with Crippen LogP contribution in [0.4, 0.5) is 5.69 Å². The van der Waals surface area contributed by atoms with E-state index in [0.29, 0.717) is 16.3 Å². The van der Waals surface area contributed by atoms with Gasteiger partial charge in [-0.2, -0.15) is 5.10 Å². The van der Waals surface area contributed by atoms with E-state index in [9.17, 15) is 9.59 Å². The Morgan fingerprint density at radius 1 is 0.968 bits per heavy atom. The van der Waals surface area contributed by atoms with Gasteiger partial charge >= 0.3 is 0 Å². The number of rotatable bonds is 7. The molecule has 0 radical (unpaired) electrons. The van der Waals surface area contributed by atoms with Gasteiger partial charge in [-0.3, -0.25) is 9.59 Å². The molecule has 3 aromatic rings. The Morgan fingerprint density at radius 3 is 2.35 bits per heavy atom. The van der Waals surface area contributed by atoms with E-state index in [1.54, 1.807) is 48.5 Å². The van der Waals surface area contributed by atoms with E-state index >= 15 is 0 Å². The van der Waals surface area contributed by atoms with Gasteiger partial charge in [0.15, 0.2) is 6.61 Å². The number of anilines is 1. The molecule has 0 aliphatic heterocycles. The zero-order chi connectivity index (χ0) is 22.2. The van der Waals surface area contributed by atoms with E-state index in [1.165, 1.54) is 11.8 Å². The molecule has 0 aromatic heterocycles. The minimum atomic E-state index is -0.331. The number of halogens is 1. The van der Waals surface area contributed by atoms with Crippen LogP contribution in [0.25, 0.3) is 0 Å². The molecule has 0 saturated heterocycles. The first kappa shape index (κ1) is 22.1. The molecule has 0 aliphatic rings. The molecular formula is C24H22ClN3O3. The van der Waals surface area contributed by atoms with Crippen molar-refractivity contribution >= 4 is 35.3 Å². The molecule has 158 valence electrons. The Labute approximate surface area is 185 Å².